The molecule has 1 aromatic carbocycles. The summed E-state index contributed by atoms with van der Waals surface area (Å²) in [6.45, 7) is 2.11. The van der Waals surface area contributed by atoms with E-state index in [1.165, 1.54) is 23.5 Å². The highest BCUT2D eigenvalue weighted by molar-refractivity contribution is 7.90. The molecule has 2 aromatic rings. The van der Waals surface area contributed by atoms with E-state index in [1.54, 1.807) is 12.1 Å². The normalized spacial score (nSPS) is 11.4. The predicted molar refractivity (Wildman–Crippen MR) is 84.8 cm³/mol. The van der Waals surface area contributed by atoms with Gasteiger partial charge >= 0.3 is 5.97 Å². The van der Waals surface area contributed by atoms with Crippen molar-refractivity contribution in [2.75, 3.05) is 6.26 Å². The summed E-state index contributed by atoms with van der Waals surface area (Å²) in [6.07, 6.45) is 2.97. The van der Waals surface area contributed by atoms with Crippen LogP contribution in [-0.2, 0) is 27.6 Å². The molecule has 1 aromatic heterocycles. The second kappa shape index (κ2) is 7.02. The smallest absolute Gasteiger partial charge is 0.339 e. The Morgan fingerprint density at radius 2 is 2.05 bits per heavy atom. The van der Waals surface area contributed by atoms with Gasteiger partial charge < -0.3 is 4.74 Å². The monoisotopic (exact) mass is 339 g/mol. The van der Waals surface area contributed by atoms with Crippen LogP contribution < -0.4 is 0 Å². The van der Waals surface area contributed by atoms with Crippen LogP contribution in [0.2, 0.25) is 0 Å². The third kappa shape index (κ3) is 4.14. The zero-order chi connectivity index (χ0) is 16.2. The summed E-state index contributed by atoms with van der Waals surface area (Å²) in [6, 6.07) is 6.02. The van der Waals surface area contributed by atoms with E-state index in [0.29, 0.717) is 5.69 Å². The molecule has 0 bridgehead atoms. The summed E-state index contributed by atoms with van der Waals surface area (Å²) in [4.78, 5) is 16.4. The first kappa shape index (κ1) is 16.6. The summed E-state index contributed by atoms with van der Waals surface area (Å²) in [7, 11) is -3.48. The van der Waals surface area contributed by atoms with E-state index in [1.807, 2.05) is 5.38 Å². The molecule has 0 aliphatic carbocycles. The van der Waals surface area contributed by atoms with Gasteiger partial charge in [0.1, 0.15) is 6.61 Å². The highest BCUT2D eigenvalue weighted by Gasteiger charge is 2.19. The predicted octanol–water partition coefficient (Wildman–Crippen LogP) is 2.86. The van der Waals surface area contributed by atoms with Gasteiger partial charge in [0, 0.05) is 11.6 Å². The van der Waals surface area contributed by atoms with Gasteiger partial charge in [-0.15, -0.1) is 11.3 Å². The molecule has 0 aliphatic heterocycles. The maximum Gasteiger partial charge on any atom is 0.339 e. The molecule has 22 heavy (non-hydrogen) atoms. The number of nitrogens with zero attached hydrogens (tertiary/aromatic N) is 1. The van der Waals surface area contributed by atoms with Crippen LogP contribution in [0.3, 0.4) is 0 Å². The zero-order valence-corrected chi connectivity index (χ0v) is 14.0. The number of aryl methyl sites for hydroxylation is 1. The second-order valence-corrected chi connectivity index (χ2v) is 7.75. The van der Waals surface area contributed by atoms with Gasteiger partial charge in [-0.05, 0) is 25.0 Å². The largest absolute Gasteiger partial charge is 0.456 e. The van der Waals surface area contributed by atoms with E-state index in [0.717, 1.165) is 24.1 Å². The maximum absolute atomic E-state index is 12.1. The number of ether oxygens (including phenoxy) is 1. The Morgan fingerprint density at radius 1 is 1.32 bits per heavy atom. The fourth-order valence-corrected chi connectivity index (χ4v) is 3.68. The van der Waals surface area contributed by atoms with Gasteiger partial charge in [0.15, 0.2) is 9.84 Å². The first-order valence-corrected chi connectivity index (χ1v) is 9.58. The van der Waals surface area contributed by atoms with Crippen molar-refractivity contribution < 1.29 is 17.9 Å². The fourth-order valence-electron chi connectivity index (χ4n) is 1.92. The molecule has 0 saturated heterocycles. The minimum absolute atomic E-state index is 0.0232. The molecular weight excluding hydrogens is 322 g/mol. The quantitative estimate of drug-likeness (QED) is 0.757. The number of hydrogen-bond donors (Lipinski definition) is 0. The van der Waals surface area contributed by atoms with Crippen molar-refractivity contribution in [2.45, 2.75) is 31.3 Å². The van der Waals surface area contributed by atoms with Gasteiger partial charge in [0.2, 0.25) is 0 Å². The number of hydrogen-bond acceptors (Lipinski definition) is 6. The number of carbonyl (C=O) groups excluding carboxylic acids is 1. The molecule has 0 fully saturated rings. The molecule has 0 atom stereocenters. The lowest BCUT2D eigenvalue weighted by Gasteiger charge is -2.07. The van der Waals surface area contributed by atoms with Crippen LogP contribution in [-0.4, -0.2) is 25.6 Å². The number of thiazole rings is 1. The number of rotatable bonds is 6. The number of aromatic nitrogens is 1. The first-order valence-electron chi connectivity index (χ1n) is 6.81. The highest BCUT2D eigenvalue weighted by atomic mass is 32.2. The lowest BCUT2D eigenvalue weighted by molar-refractivity contribution is 0.0463. The zero-order valence-electron chi connectivity index (χ0n) is 12.4. The maximum atomic E-state index is 12.1. The van der Waals surface area contributed by atoms with Crippen molar-refractivity contribution in [1.29, 1.82) is 0 Å². The molecule has 0 amide bonds. The molecule has 7 heteroatoms. The third-order valence-corrected chi connectivity index (χ3v) is 5.03. The van der Waals surface area contributed by atoms with Crippen LogP contribution in [0.5, 0.6) is 0 Å². The van der Waals surface area contributed by atoms with Gasteiger partial charge in [0.25, 0.3) is 0 Å². The Kier molecular flexibility index (Phi) is 5.31. The van der Waals surface area contributed by atoms with Crippen LogP contribution in [0.4, 0.5) is 0 Å². The van der Waals surface area contributed by atoms with Crippen LogP contribution in [0.1, 0.15) is 34.4 Å². The van der Waals surface area contributed by atoms with E-state index in [2.05, 4.69) is 11.9 Å². The number of carbonyl (C=O) groups is 1. The molecule has 0 saturated carbocycles. The molecule has 0 N–H and O–H groups in total. The number of esters is 1. The third-order valence-electron chi connectivity index (χ3n) is 2.92. The van der Waals surface area contributed by atoms with Crippen molar-refractivity contribution in [3.63, 3.8) is 0 Å². The highest BCUT2D eigenvalue weighted by Crippen LogP contribution is 2.18. The van der Waals surface area contributed by atoms with E-state index in [-0.39, 0.29) is 17.1 Å². The number of sulfone groups is 1. The van der Waals surface area contributed by atoms with Crippen molar-refractivity contribution in [1.82, 2.24) is 4.98 Å². The van der Waals surface area contributed by atoms with Gasteiger partial charge in [0.05, 0.1) is 21.2 Å². The van der Waals surface area contributed by atoms with E-state index in [9.17, 15) is 13.2 Å². The van der Waals surface area contributed by atoms with Gasteiger partial charge in [-0.2, -0.15) is 0 Å². The van der Waals surface area contributed by atoms with Crippen LogP contribution in [0.15, 0.2) is 34.5 Å². The van der Waals surface area contributed by atoms with Gasteiger partial charge in [-0.25, -0.2) is 18.2 Å². The van der Waals surface area contributed by atoms with Crippen molar-refractivity contribution in [2.24, 2.45) is 0 Å². The molecule has 0 unspecified atom stereocenters. The Morgan fingerprint density at radius 3 is 2.73 bits per heavy atom. The van der Waals surface area contributed by atoms with Crippen LogP contribution in [0, 0.1) is 0 Å². The molecule has 0 spiro atoms. The minimum atomic E-state index is -3.48. The van der Waals surface area contributed by atoms with Crippen molar-refractivity contribution in [3.8, 4) is 0 Å². The van der Waals surface area contributed by atoms with Crippen LogP contribution >= 0.6 is 11.3 Å². The fraction of sp³-hybridized carbons (Fsp3) is 0.333. The molecule has 5 nitrogen and oxygen atoms in total. The van der Waals surface area contributed by atoms with Gasteiger partial charge in [-0.3, -0.25) is 0 Å². The van der Waals surface area contributed by atoms with Gasteiger partial charge in [-0.1, -0.05) is 19.1 Å². The average molecular weight is 339 g/mol. The first-order chi connectivity index (χ1) is 10.4. The molecule has 118 valence electrons. The lowest BCUT2D eigenvalue weighted by atomic mass is 10.2. The standard InChI is InChI=1S/C15H17NO4S2/c1-3-6-14-16-11(10-21-14)9-20-15(17)12-7-4-5-8-13(12)22(2,18)19/h4-5,7-8,10H,3,6,9H2,1-2H3. The SMILES string of the molecule is CCCc1nc(COC(=O)c2ccccc2S(C)(=O)=O)cs1. The van der Waals surface area contributed by atoms with Crippen LogP contribution in [0.25, 0.3) is 0 Å². The topological polar surface area (TPSA) is 73.3 Å². The lowest BCUT2D eigenvalue weighted by Crippen LogP contribution is -2.11. The Labute approximate surface area is 133 Å². The summed E-state index contributed by atoms with van der Waals surface area (Å²) in [5.41, 5.74) is 0.729. The summed E-state index contributed by atoms with van der Waals surface area (Å²) in [5.74, 6) is -0.661. The average Bonchev–Trinajstić information content (AvgIpc) is 2.92. The number of benzene rings is 1. The minimum Gasteiger partial charge on any atom is -0.456 e. The summed E-state index contributed by atoms with van der Waals surface area (Å²) < 4.78 is 28.6. The van der Waals surface area contributed by atoms with E-state index >= 15 is 0 Å². The molecular formula is C15H17NO4S2. The van der Waals surface area contributed by atoms with Crippen molar-refractivity contribution in [3.05, 3.63) is 45.9 Å². The summed E-state index contributed by atoms with van der Waals surface area (Å²) in [5, 5.41) is 2.85. The molecule has 2 rings (SSSR count). The molecule has 0 radical (unpaired) electrons. The van der Waals surface area contributed by atoms with E-state index < -0.39 is 15.8 Å². The van der Waals surface area contributed by atoms with Crippen molar-refractivity contribution >= 4 is 27.1 Å². The van der Waals surface area contributed by atoms with E-state index in [4.69, 9.17) is 4.74 Å². The summed E-state index contributed by atoms with van der Waals surface area (Å²) >= 11 is 1.53. The molecule has 1 heterocycles. The Bertz CT molecular complexity index is 765. The second-order valence-electron chi connectivity index (χ2n) is 4.83. The Balaban J connectivity index is 2.10. The Hall–Kier alpha value is -1.73. The molecule has 0 aliphatic rings.